The molecule has 23 heavy (non-hydrogen) atoms. The smallest absolute Gasteiger partial charge is 0.0349 e. The van der Waals surface area contributed by atoms with Gasteiger partial charge in [0.2, 0.25) is 0 Å². The molecule has 6 unspecified atom stereocenters. The van der Waals surface area contributed by atoms with Crippen LogP contribution in [-0.2, 0) is 0 Å². The Morgan fingerprint density at radius 1 is 0.652 bits per heavy atom. The first-order chi connectivity index (χ1) is 11.0. The molecule has 4 fully saturated rings. The van der Waals surface area contributed by atoms with Gasteiger partial charge in [0.05, 0.1) is 0 Å². The summed E-state index contributed by atoms with van der Waals surface area (Å²) in [6.07, 6.45) is 18.8. The first kappa shape index (κ1) is 16.5. The number of hydrogen-bond donors (Lipinski definition) is 0. The Bertz CT molecular complexity index is 381. The Labute approximate surface area is 145 Å². The molecule has 4 saturated carbocycles. The quantitative estimate of drug-likeness (QED) is 0.510. The molecule has 0 aromatic carbocycles. The maximum absolute atomic E-state index is 2.48. The molecule has 0 heteroatoms. The molecule has 0 bridgehead atoms. The highest BCUT2D eigenvalue weighted by Crippen LogP contribution is 2.59. The van der Waals surface area contributed by atoms with Gasteiger partial charge in [-0.2, -0.15) is 0 Å². The van der Waals surface area contributed by atoms with E-state index < -0.39 is 0 Å². The molecule has 0 saturated heterocycles. The van der Waals surface area contributed by atoms with E-state index in [4.69, 9.17) is 0 Å². The van der Waals surface area contributed by atoms with E-state index >= 15 is 0 Å². The van der Waals surface area contributed by atoms with Gasteiger partial charge in [-0.3, -0.25) is 0 Å². The van der Waals surface area contributed by atoms with E-state index in [9.17, 15) is 0 Å². The Kier molecular flexibility index (Phi) is 4.57. The molecule has 0 amide bonds. The van der Waals surface area contributed by atoms with Gasteiger partial charge in [-0.05, 0) is 91.8 Å². The van der Waals surface area contributed by atoms with E-state index in [0.717, 1.165) is 41.4 Å². The van der Waals surface area contributed by atoms with Crippen molar-refractivity contribution in [3.8, 4) is 0 Å². The van der Waals surface area contributed by atoms with Gasteiger partial charge >= 0.3 is 0 Å². The lowest BCUT2D eigenvalue weighted by Crippen LogP contribution is -2.23. The van der Waals surface area contributed by atoms with Crippen molar-refractivity contribution in [2.24, 2.45) is 46.8 Å². The Morgan fingerprint density at radius 3 is 1.65 bits per heavy atom. The van der Waals surface area contributed by atoms with Crippen molar-refractivity contribution in [3.63, 3.8) is 0 Å². The topological polar surface area (TPSA) is 0 Å². The van der Waals surface area contributed by atoms with Gasteiger partial charge in [0.15, 0.2) is 0 Å². The monoisotopic (exact) mass is 316 g/mol. The fraction of sp³-hybridized carbons (Fsp3) is 1.00. The van der Waals surface area contributed by atoms with Crippen molar-refractivity contribution in [1.29, 1.82) is 0 Å². The van der Waals surface area contributed by atoms with Gasteiger partial charge in [0.1, 0.15) is 0 Å². The molecule has 0 aromatic heterocycles. The lowest BCUT2D eigenvalue weighted by atomic mass is 9.73. The second-order valence-electron chi connectivity index (χ2n) is 10.9. The van der Waals surface area contributed by atoms with Crippen LogP contribution in [0.5, 0.6) is 0 Å². The first-order valence-electron chi connectivity index (χ1n) is 11.0. The van der Waals surface area contributed by atoms with Crippen LogP contribution in [0.3, 0.4) is 0 Å². The molecular weight excluding hydrogens is 276 g/mol. The van der Waals surface area contributed by atoms with Gasteiger partial charge in [-0.25, -0.2) is 0 Å². The minimum Gasteiger partial charge on any atom is -0.0599 e. The van der Waals surface area contributed by atoms with Crippen LogP contribution >= 0.6 is 0 Å². The summed E-state index contributed by atoms with van der Waals surface area (Å²) in [4.78, 5) is 0. The van der Waals surface area contributed by atoms with Gasteiger partial charge in [-0.1, -0.05) is 52.9 Å². The average Bonchev–Trinajstić information content (AvgIpc) is 3.12. The van der Waals surface area contributed by atoms with Crippen LogP contribution < -0.4 is 0 Å². The van der Waals surface area contributed by atoms with Crippen LogP contribution in [-0.4, -0.2) is 0 Å². The second-order valence-corrected chi connectivity index (χ2v) is 10.9. The minimum atomic E-state index is 0.547. The van der Waals surface area contributed by atoms with E-state index in [0.29, 0.717) is 5.41 Å². The fourth-order valence-corrected chi connectivity index (χ4v) is 7.63. The molecule has 0 radical (unpaired) electrons. The Balaban J connectivity index is 1.45. The van der Waals surface area contributed by atoms with Crippen LogP contribution in [0.1, 0.15) is 97.8 Å². The van der Waals surface area contributed by atoms with E-state index in [1.54, 1.807) is 70.6 Å². The van der Waals surface area contributed by atoms with Crippen LogP contribution in [0.15, 0.2) is 0 Å². The summed E-state index contributed by atoms with van der Waals surface area (Å²) in [5.41, 5.74) is 0.547. The molecule has 0 heterocycles. The van der Waals surface area contributed by atoms with Crippen molar-refractivity contribution in [2.45, 2.75) is 97.8 Å². The highest BCUT2D eigenvalue weighted by Gasteiger charge is 2.51. The fourth-order valence-electron chi connectivity index (χ4n) is 7.63. The predicted molar refractivity (Wildman–Crippen MR) is 99.3 cm³/mol. The molecule has 0 aliphatic heterocycles. The summed E-state index contributed by atoms with van der Waals surface area (Å²) < 4.78 is 0. The number of hydrogen-bond acceptors (Lipinski definition) is 0. The number of rotatable bonds is 2. The standard InChI is InChI=1S/C23H40/c1-23(2,3)17-13-12-16(14-17)15-22-20-10-6-4-8-18(20)19-9-5-7-11-21(19)22/h16-22H,4-15H2,1-3H3. The third-order valence-electron chi connectivity index (χ3n) is 8.77. The normalized spacial score (nSPS) is 47.3. The van der Waals surface area contributed by atoms with Crippen LogP contribution in [0.2, 0.25) is 0 Å². The zero-order valence-corrected chi connectivity index (χ0v) is 16.0. The third-order valence-corrected chi connectivity index (χ3v) is 8.77. The maximum Gasteiger partial charge on any atom is -0.0349 e. The summed E-state index contributed by atoms with van der Waals surface area (Å²) in [7, 11) is 0. The SMILES string of the molecule is CC(C)(C)C1CCC(CC2C3CCCCC3C3CCCCC32)C1. The summed E-state index contributed by atoms with van der Waals surface area (Å²) >= 11 is 0. The molecule has 4 aliphatic carbocycles. The van der Waals surface area contributed by atoms with E-state index in [2.05, 4.69) is 20.8 Å². The second kappa shape index (κ2) is 6.38. The van der Waals surface area contributed by atoms with Gasteiger partial charge in [-0.15, -0.1) is 0 Å². The van der Waals surface area contributed by atoms with Crippen LogP contribution in [0.4, 0.5) is 0 Å². The highest BCUT2D eigenvalue weighted by atomic mass is 14.6. The maximum atomic E-state index is 2.48. The van der Waals surface area contributed by atoms with E-state index in [-0.39, 0.29) is 0 Å². The van der Waals surface area contributed by atoms with Crippen LogP contribution in [0, 0.1) is 46.8 Å². The zero-order chi connectivity index (χ0) is 16.0. The largest absolute Gasteiger partial charge is 0.0599 e. The molecule has 6 atom stereocenters. The van der Waals surface area contributed by atoms with Crippen molar-refractivity contribution in [3.05, 3.63) is 0 Å². The lowest BCUT2D eigenvalue weighted by Gasteiger charge is -2.32. The molecule has 4 rings (SSSR count). The lowest BCUT2D eigenvalue weighted by molar-refractivity contribution is 0.175. The molecular formula is C23H40. The van der Waals surface area contributed by atoms with Crippen LogP contribution in [0.25, 0.3) is 0 Å². The zero-order valence-electron chi connectivity index (χ0n) is 16.0. The average molecular weight is 317 g/mol. The Morgan fingerprint density at radius 2 is 1.17 bits per heavy atom. The van der Waals surface area contributed by atoms with Gasteiger partial charge in [0, 0.05) is 0 Å². The Hall–Kier alpha value is 0. The summed E-state index contributed by atoms with van der Waals surface area (Å²) in [6.45, 7) is 7.43. The summed E-state index contributed by atoms with van der Waals surface area (Å²) in [5.74, 6) is 7.80. The van der Waals surface area contributed by atoms with Gasteiger partial charge < -0.3 is 0 Å². The van der Waals surface area contributed by atoms with Gasteiger partial charge in [0.25, 0.3) is 0 Å². The molecule has 0 nitrogen and oxygen atoms in total. The highest BCUT2D eigenvalue weighted by molar-refractivity contribution is 5.00. The summed E-state index contributed by atoms with van der Waals surface area (Å²) in [6, 6.07) is 0. The van der Waals surface area contributed by atoms with Crippen molar-refractivity contribution in [2.75, 3.05) is 0 Å². The molecule has 0 N–H and O–H groups in total. The van der Waals surface area contributed by atoms with E-state index in [1.165, 1.54) is 6.42 Å². The summed E-state index contributed by atoms with van der Waals surface area (Å²) in [5, 5.41) is 0. The van der Waals surface area contributed by atoms with Crippen molar-refractivity contribution in [1.82, 2.24) is 0 Å². The molecule has 0 aromatic rings. The molecule has 132 valence electrons. The molecule has 0 spiro atoms. The first-order valence-corrected chi connectivity index (χ1v) is 11.0. The third kappa shape index (κ3) is 3.13. The predicted octanol–water partition coefficient (Wildman–Crippen LogP) is 7.08. The van der Waals surface area contributed by atoms with Crippen molar-refractivity contribution >= 4 is 0 Å². The van der Waals surface area contributed by atoms with Crippen molar-refractivity contribution < 1.29 is 0 Å². The minimum absolute atomic E-state index is 0.547. The molecule has 4 aliphatic rings. The van der Waals surface area contributed by atoms with E-state index in [1.807, 2.05) is 0 Å². The number of fused-ring (bicyclic) bond motifs is 3.